The molecule has 0 aliphatic heterocycles. The smallest absolute Gasteiger partial charge is 0.385 e. The van der Waals surface area contributed by atoms with Crippen molar-refractivity contribution in [1.29, 1.82) is 0 Å². The Morgan fingerprint density at radius 1 is 1.07 bits per heavy atom. The second-order valence-electron chi connectivity index (χ2n) is 7.56. The molecule has 0 fully saturated rings. The Kier molecular flexibility index (Phi) is 4.93. The summed E-state index contributed by atoms with van der Waals surface area (Å²) in [6, 6.07) is 3.69. The van der Waals surface area contributed by atoms with Crippen molar-refractivity contribution in [2.45, 2.75) is 54.3 Å². The minimum Gasteiger partial charge on any atom is -0.385 e. The molecule has 4 rings (SSSR count). The van der Waals surface area contributed by atoms with Crippen molar-refractivity contribution in [2.75, 3.05) is 0 Å². The maximum atomic E-state index is 14.6. The standard InChI is InChI=1S/C20H16F6O3S/c21-10-6-9-2-1-3-12(17(9)14(22)7-10)11-4-5-16(30(28,29)20(24,25)26)18-13(11)8-15(23)19(18)27/h4-7,12,15,19,27H,1-3,8H2/t12-,15?,19?/m1/s1. The van der Waals surface area contributed by atoms with E-state index in [1.54, 1.807) is 0 Å². The third kappa shape index (κ3) is 3.11. The van der Waals surface area contributed by atoms with E-state index in [1.165, 1.54) is 6.07 Å². The van der Waals surface area contributed by atoms with Crippen molar-refractivity contribution in [2.24, 2.45) is 0 Å². The molecule has 0 saturated carbocycles. The number of alkyl halides is 4. The van der Waals surface area contributed by atoms with Crippen molar-refractivity contribution in [3.05, 3.63) is 63.7 Å². The Labute approximate surface area is 168 Å². The highest BCUT2D eigenvalue weighted by molar-refractivity contribution is 7.92. The number of halogens is 6. The molecule has 0 radical (unpaired) electrons. The number of hydrogen-bond acceptors (Lipinski definition) is 3. The van der Waals surface area contributed by atoms with Crippen LogP contribution in [0.25, 0.3) is 0 Å². The van der Waals surface area contributed by atoms with Crippen LogP contribution in [0.4, 0.5) is 26.3 Å². The fourth-order valence-electron chi connectivity index (χ4n) is 4.57. The zero-order valence-electron chi connectivity index (χ0n) is 15.3. The number of sulfone groups is 1. The second-order valence-corrected chi connectivity index (χ2v) is 9.47. The van der Waals surface area contributed by atoms with Crippen molar-refractivity contribution >= 4 is 9.84 Å². The number of hydrogen-bond donors (Lipinski definition) is 1. The number of benzene rings is 2. The summed E-state index contributed by atoms with van der Waals surface area (Å²) < 4.78 is 106. The number of rotatable bonds is 2. The predicted molar refractivity (Wildman–Crippen MR) is 94.4 cm³/mol. The predicted octanol–water partition coefficient (Wildman–Crippen LogP) is 4.65. The van der Waals surface area contributed by atoms with E-state index >= 15 is 0 Å². The summed E-state index contributed by atoms with van der Waals surface area (Å²) in [7, 11) is -5.83. The van der Waals surface area contributed by atoms with E-state index in [0.717, 1.165) is 6.07 Å². The summed E-state index contributed by atoms with van der Waals surface area (Å²) in [6.07, 6.45) is -3.25. The maximum absolute atomic E-state index is 14.6. The largest absolute Gasteiger partial charge is 0.501 e. The molecule has 2 aromatic rings. The molecule has 30 heavy (non-hydrogen) atoms. The summed E-state index contributed by atoms with van der Waals surface area (Å²) in [5, 5.41) is 10.1. The Balaban J connectivity index is 1.94. The Bertz CT molecular complexity index is 1130. The van der Waals surface area contributed by atoms with Crippen molar-refractivity contribution in [3.63, 3.8) is 0 Å². The van der Waals surface area contributed by atoms with Crippen LogP contribution in [0.1, 0.15) is 52.7 Å². The van der Waals surface area contributed by atoms with Gasteiger partial charge >= 0.3 is 5.51 Å². The second kappa shape index (κ2) is 6.98. The van der Waals surface area contributed by atoms with Crippen LogP contribution < -0.4 is 0 Å². The van der Waals surface area contributed by atoms with Gasteiger partial charge in [0.2, 0.25) is 0 Å². The Morgan fingerprint density at radius 3 is 2.43 bits per heavy atom. The van der Waals surface area contributed by atoms with Gasteiger partial charge in [-0.05, 0) is 53.6 Å². The molecular weight excluding hydrogens is 434 g/mol. The molecule has 3 nitrogen and oxygen atoms in total. The molecule has 0 bridgehead atoms. The molecule has 2 aliphatic rings. The highest BCUT2D eigenvalue weighted by atomic mass is 32.2. The quantitative estimate of drug-likeness (QED) is 0.678. The van der Waals surface area contributed by atoms with Crippen molar-refractivity contribution < 1.29 is 39.9 Å². The van der Waals surface area contributed by atoms with E-state index in [9.17, 15) is 39.9 Å². The van der Waals surface area contributed by atoms with Crippen LogP contribution in [0.3, 0.4) is 0 Å². The molecule has 0 saturated heterocycles. The number of aliphatic hydroxyl groups is 1. The maximum Gasteiger partial charge on any atom is 0.501 e. The van der Waals surface area contributed by atoms with Crippen LogP contribution in [0.5, 0.6) is 0 Å². The third-order valence-corrected chi connectivity index (χ3v) is 7.37. The molecule has 2 aromatic carbocycles. The minimum absolute atomic E-state index is 0.0677. The van der Waals surface area contributed by atoms with Gasteiger partial charge in [0.25, 0.3) is 9.84 Å². The summed E-state index contributed by atoms with van der Waals surface area (Å²) in [5.74, 6) is -2.31. The fraction of sp³-hybridized carbons (Fsp3) is 0.400. The average Bonchev–Trinajstić information content (AvgIpc) is 2.94. The zero-order chi connectivity index (χ0) is 22.0. The summed E-state index contributed by atoms with van der Waals surface area (Å²) in [6.45, 7) is 0. The number of aryl methyl sites for hydroxylation is 1. The number of fused-ring (bicyclic) bond motifs is 2. The minimum atomic E-state index is -5.83. The van der Waals surface area contributed by atoms with Crippen LogP contribution in [0.15, 0.2) is 29.2 Å². The molecule has 10 heteroatoms. The van der Waals surface area contributed by atoms with E-state index < -0.39 is 62.1 Å². The van der Waals surface area contributed by atoms with Gasteiger partial charge in [-0.1, -0.05) is 6.07 Å². The molecule has 3 atom stereocenters. The number of aliphatic hydroxyl groups excluding tert-OH is 1. The van der Waals surface area contributed by atoms with E-state index in [2.05, 4.69) is 0 Å². The fourth-order valence-corrected chi connectivity index (χ4v) is 5.60. The van der Waals surface area contributed by atoms with Crippen molar-refractivity contribution in [3.8, 4) is 0 Å². The molecule has 0 heterocycles. The monoisotopic (exact) mass is 450 g/mol. The lowest BCUT2D eigenvalue weighted by atomic mass is 9.76. The van der Waals surface area contributed by atoms with Gasteiger partial charge in [-0.15, -0.1) is 0 Å². The van der Waals surface area contributed by atoms with E-state index in [0.29, 0.717) is 37.0 Å². The van der Waals surface area contributed by atoms with Crippen LogP contribution in [-0.4, -0.2) is 25.2 Å². The topological polar surface area (TPSA) is 54.4 Å². The van der Waals surface area contributed by atoms with Gasteiger partial charge in [0, 0.05) is 24.0 Å². The highest BCUT2D eigenvalue weighted by Gasteiger charge is 2.50. The molecule has 2 aliphatic carbocycles. The molecule has 0 amide bonds. The summed E-state index contributed by atoms with van der Waals surface area (Å²) >= 11 is 0. The van der Waals surface area contributed by atoms with Gasteiger partial charge in [-0.25, -0.2) is 21.6 Å². The van der Waals surface area contributed by atoms with Crippen LogP contribution in [0, 0.1) is 11.6 Å². The molecular formula is C20H16F6O3S. The average molecular weight is 450 g/mol. The SMILES string of the molecule is O=S(=O)(c1ccc([C@H]2CCCc3cc(F)cc(F)c32)c2c1C(O)C(F)C2)C(F)(F)F. The summed E-state index contributed by atoms with van der Waals surface area (Å²) in [5.41, 5.74) is -5.52. The van der Waals surface area contributed by atoms with Gasteiger partial charge in [0.1, 0.15) is 23.9 Å². The van der Waals surface area contributed by atoms with E-state index in [1.807, 2.05) is 0 Å². The normalized spacial score (nSPS) is 23.9. The van der Waals surface area contributed by atoms with Gasteiger partial charge in [-0.3, -0.25) is 0 Å². The van der Waals surface area contributed by atoms with Crippen molar-refractivity contribution in [1.82, 2.24) is 0 Å². The molecule has 2 unspecified atom stereocenters. The molecule has 0 spiro atoms. The van der Waals surface area contributed by atoms with Gasteiger partial charge in [0.05, 0.1) is 4.90 Å². The Morgan fingerprint density at radius 2 is 1.77 bits per heavy atom. The lowest BCUT2D eigenvalue weighted by Crippen LogP contribution is -2.25. The van der Waals surface area contributed by atoms with Crippen LogP contribution >= 0.6 is 0 Å². The first kappa shape index (κ1) is 21.2. The lowest BCUT2D eigenvalue weighted by Gasteiger charge is -2.28. The van der Waals surface area contributed by atoms with E-state index in [-0.39, 0.29) is 16.7 Å². The Hall–Kier alpha value is -2.07. The summed E-state index contributed by atoms with van der Waals surface area (Å²) in [4.78, 5) is -1.20. The molecule has 1 N–H and O–H groups in total. The molecule has 0 aromatic heterocycles. The molecule has 162 valence electrons. The highest BCUT2D eigenvalue weighted by Crippen LogP contribution is 2.48. The van der Waals surface area contributed by atoms with Crippen LogP contribution in [-0.2, 0) is 22.7 Å². The lowest BCUT2D eigenvalue weighted by molar-refractivity contribution is -0.0437. The third-order valence-electron chi connectivity index (χ3n) is 5.83. The van der Waals surface area contributed by atoms with Gasteiger partial charge < -0.3 is 5.11 Å². The first-order valence-corrected chi connectivity index (χ1v) is 10.7. The zero-order valence-corrected chi connectivity index (χ0v) is 16.1. The first-order valence-electron chi connectivity index (χ1n) is 9.20. The van der Waals surface area contributed by atoms with Gasteiger partial charge in [-0.2, -0.15) is 13.2 Å². The van der Waals surface area contributed by atoms with E-state index in [4.69, 9.17) is 0 Å². The van der Waals surface area contributed by atoms with Gasteiger partial charge in [0.15, 0.2) is 0 Å². The van der Waals surface area contributed by atoms with Crippen LogP contribution in [0.2, 0.25) is 0 Å². The first-order chi connectivity index (χ1) is 13.9.